The molecule has 0 radical (unpaired) electrons. The summed E-state index contributed by atoms with van der Waals surface area (Å²) in [4.78, 5) is 0. The molecule has 0 bridgehead atoms. The number of nitrogen functional groups attached to an aromatic ring is 1. The van der Waals surface area contributed by atoms with Crippen molar-refractivity contribution < 1.29 is 4.39 Å². The van der Waals surface area contributed by atoms with E-state index < -0.39 is 0 Å². The van der Waals surface area contributed by atoms with Gasteiger partial charge in [-0.25, -0.2) is 4.39 Å². The molecule has 0 amide bonds. The monoisotopic (exact) mass is 176 g/mol. The van der Waals surface area contributed by atoms with E-state index in [-0.39, 0.29) is 5.82 Å². The summed E-state index contributed by atoms with van der Waals surface area (Å²) in [7, 11) is 0. The lowest BCUT2D eigenvalue weighted by molar-refractivity contribution is 0.628. The molecule has 1 aromatic rings. The molecule has 13 heavy (non-hydrogen) atoms. The molecule has 0 saturated carbocycles. The Kier molecular flexibility index (Phi) is 3.04. The van der Waals surface area contributed by atoms with Gasteiger partial charge < -0.3 is 5.73 Å². The summed E-state index contributed by atoms with van der Waals surface area (Å²) in [5, 5.41) is 8.27. The number of halogens is 1. The van der Waals surface area contributed by atoms with Crippen LogP contribution in [0.4, 0.5) is 10.1 Å². The molecule has 1 aromatic carbocycles. The molecule has 66 valence electrons. The van der Waals surface area contributed by atoms with Gasteiger partial charge in [-0.15, -0.1) is 0 Å². The number of anilines is 1. The van der Waals surface area contributed by atoms with E-state index in [1.807, 2.05) is 6.07 Å². The SMILES string of the molecule is N#CCC=Cc1ccc(F)cc1N. The lowest BCUT2D eigenvalue weighted by atomic mass is 10.1. The van der Waals surface area contributed by atoms with Crippen LogP contribution in [0, 0.1) is 17.1 Å². The van der Waals surface area contributed by atoms with Crippen LogP contribution in [0.3, 0.4) is 0 Å². The molecule has 0 fully saturated rings. The topological polar surface area (TPSA) is 49.8 Å². The van der Waals surface area contributed by atoms with Crippen molar-refractivity contribution in [1.29, 1.82) is 5.26 Å². The van der Waals surface area contributed by atoms with E-state index in [1.165, 1.54) is 12.1 Å². The third kappa shape index (κ3) is 2.60. The van der Waals surface area contributed by atoms with Crippen molar-refractivity contribution in [2.24, 2.45) is 0 Å². The number of nitriles is 1. The van der Waals surface area contributed by atoms with Crippen LogP contribution in [0.15, 0.2) is 24.3 Å². The molecule has 0 saturated heterocycles. The molecule has 0 aliphatic rings. The Morgan fingerprint density at radius 2 is 2.31 bits per heavy atom. The van der Waals surface area contributed by atoms with E-state index in [0.29, 0.717) is 12.1 Å². The van der Waals surface area contributed by atoms with E-state index in [0.717, 1.165) is 5.56 Å². The number of hydrogen-bond acceptors (Lipinski definition) is 2. The minimum absolute atomic E-state index is 0.330. The molecule has 0 heterocycles. The molecule has 2 nitrogen and oxygen atoms in total. The van der Waals surface area contributed by atoms with E-state index in [2.05, 4.69) is 0 Å². The Morgan fingerprint density at radius 3 is 2.92 bits per heavy atom. The van der Waals surface area contributed by atoms with Crippen LogP contribution in [0.1, 0.15) is 12.0 Å². The first-order valence-corrected chi connectivity index (χ1v) is 3.82. The van der Waals surface area contributed by atoms with Gasteiger partial charge in [-0.1, -0.05) is 18.2 Å². The molecule has 0 spiro atoms. The first-order chi connectivity index (χ1) is 6.24. The average Bonchev–Trinajstić information content (AvgIpc) is 2.09. The second-order valence-corrected chi connectivity index (χ2v) is 2.54. The highest BCUT2D eigenvalue weighted by molar-refractivity contribution is 5.64. The lowest BCUT2D eigenvalue weighted by Gasteiger charge is -1.98. The molecular weight excluding hydrogens is 167 g/mol. The van der Waals surface area contributed by atoms with Gasteiger partial charge in [0.25, 0.3) is 0 Å². The molecule has 0 aliphatic heterocycles. The van der Waals surface area contributed by atoms with Gasteiger partial charge in [-0.2, -0.15) is 5.26 Å². The Balaban J connectivity index is 2.85. The maximum atomic E-state index is 12.6. The van der Waals surface area contributed by atoms with Crippen molar-refractivity contribution in [3.8, 4) is 6.07 Å². The minimum atomic E-state index is -0.352. The van der Waals surface area contributed by atoms with Crippen molar-refractivity contribution in [1.82, 2.24) is 0 Å². The summed E-state index contributed by atoms with van der Waals surface area (Å²) in [6.07, 6.45) is 3.72. The summed E-state index contributed by atoms with van der Waals surface area (Å²) in [5.74, 6) is -0.352. The summed E-state index contributed by atoms with van der Waals surface area (Å²) >= 11 is 0. The van der Waals surface area contributed by atoms with E-state index >= 15 is 0 Å². The first-order valence-electron chi connectivity index (χ1n) is 3.82. The zero-order valence-electron chi connectivity index (χ0n) is 7.00. The van der Waals surface area contributed by atoms with Gasteiger partial charge >= 0.3 is 0 Å². The maximum Gasteiger partial charge on any atom is 0.125 e. The molecule has 1 rings (SSSR count). The normalized spacial score (nSPS) is 10.2. The maximum absolute atomic E-state index is 12.6. The number of rotatable bonds is 2. The third-order valence-corrected chi connectivity index (χ3v) is 1.56. The van der Waals surface area contributed by atoms with Crippen molar-refractivity contribution in [2.45, 2.75) is 6.42 Å². The predicted molar refractivity (Wildman–Crippen MR) is 50.1 cm³/mol. The van der Waals surface area contributed by atoms with Crippen LogP contribution in [-0.4, -0.2) is 0 Å². The fourth-order valence-corrected chi connectivity index (χ4v) is 0.936. The zero-order chi connectivity index (χ0) is 9.68. The average molecular weight is 176 g/mol. The predicted octanol–water partition coefficient (Wildman–Crippen LogP) is 2.33. The fourth-order valence-electron chi connectivity index (χ4n) is 0.936. The highest BCUT2D eigenvalue weighted by Gasteiger charge is 1.95. The van der Waals surface area contributed by atoms with Crippen molar-refractivity contribution >= 4 is 11.8 Å². The van der Waals surface area contributed by atoms with Gasteiger partial charge in [0, 0.05) is 5.69 Å². The molecule has 2 N–H and O–H groups in total. The van der Waals surface area contributed by atoms with Gasteiger partial charge in [-0.3, -0.25) is 0 Å². The number of nitrogens with zero attached hydrogens (tertiary/aromatic N) is 1. The summed E-state index contributed by atoms with van der Waals surface area (Å²) in [6, 6.07) is 6.14. The first kappa shape index (κ1) is 9.27. The van der Waals surface area contributed by atoms with E-state index in [9.17, 15) is 4.39 Å². The highest BCUT2D eigenvalue weighted by Crippen LogP contribution is 2.14. The van der Waals surface area contributed by atoms with Gasteiger partial charge in [0.1, 0.15) is 5.82 Å². The Labute approximate surface area is 76.1 Å². The van der Waals surface area contributed by atoms with Crippen LogP contribution >= 0.6 is 0 Å². The Hall–Kier alpha value is -1.82. The van der Waals surface area contributed by atoms with Crippen molar-refractivity contribution in [3.05, 3.63) is 35.7 Å². The summed E-state index contributed by atoms with van der Waals surface area (Å²) in [6.45, 7) is 0. The van der Waals surface area contributed by atoms with Crippen LogP contribution in [0.2, 0.25) is 0 Å². The van der Waals surface area contributed by atoms with Crippen molar-refractivity contribution in [2.75, 3.05) is 5.73 Å². The standard InChI is InChI=1S/C10H9FN2/c11-9-5-4-8(10(13)7-9)3-1-2-6-12/h1,3-5,7H,2,13H2. The van der Waals surface area contributed by atoms with Crippen LogP contribution < -0.4 is 5.73 Å². The highest BCUT2D eigenvalue weighted by atomic mass is 19.1. The molecule has 0 aliphatic carbocycles. The fraction of sp³-hybridized carbons (Fsp3) is 0.100. The van der Waals surface area contributed by atoms with Gasteiger partial charge in [0.2, 0.25) is 0 Å². The van der Waals surface area contributed by atoms with Crippen molar-refractivity contribution in [3.63, 3.8) is 0 Å². The lowest BCUT2D eigenvalue weighted by Crippen LogP contribution is -1.89. The number of hydrogen-bond donors (Lipinski definition) is 1. The largest absolute Gasteiger partial charge is 0.398 e. The van der Waals surface area contributed by atoms with Crippen LogP contribution in [-0.2, 0) is 0 Å². The smallest absolute Gasteiger partial charge is 0.125 e. The third-order valence-electron chi connectivity index (χ3n) is 1.56. The van der Waals surface area contributed by atoms with Gasteiger partial charge in [0.15, 0.2) is 0 Å². The van der Waals surface area contributed by atoms with Gasteiger partial charge in [0.05, 0.1) is 12.5 Å². The molecule has 3 heteroatoms. The molecule has 0 atom stereocenters. The van der Waals surface area contributed by atoms with Gasteiger partial charge in [-0.05, 0) is 17.7 Å². The number of allylic oxidation sites excluding steroid dienone is 1. The Morgan fingerprint density at radius 1 is 1.54 bits per heavy atom. The molecule has 0 unspecified atom stereocenters. The second kappa shape index (κ2) is 4.27. The Bertz CT molecular complexity index is 364. The summed E-state index contributed by atoms with van der Waals surface area (Å²) < 4.78 is 12.6. The quantitative estimate of drug-likeness (QED) is 0.703. The van der Waals surface area contributed by atoms with Crippen LogP contribution in [0.5, 0.6) is 0 Å². The molecular formula is C10H9FN2. The number of nitrogens with two attached hydrogens (primary N) is 1. The van der Waals surface area contributed by atoms with Crippen LogP contribution in [0.25, 0.3) is 6.08 Å². The second-order valence-electron chi connectivity index (χ2n) is 2.54. The number of benzene rings is 1. The zero-order valence-corrected chi connectivity index (χ0v) is 7.00. The molecule has 0 aromatic heterocycles. The van der Waals surface area contributed by atoms with E-state index in [4.69, 9.17) is 11.0 Å². The minimum Gasteiger partial charge on any atom is -0.398 e. The summed E-state index contributed by atoms with van der Waals surface area (Å²) in [5.41, 5.74) is 6.65. The van der Waals surface area contributed by atoms with E-state index in [1.54, 1.807) is 18.2 Å².